The molecule has 0 spiro atoms. The second kappa shape index (κ2) is 6.08. The highest BCUT2D eigenvalue weighted by Crippen LogP contribution is 2.37. The number of hydrogen-bond acceptors (Lipinski definition) is 2. The van der Waals surface area contributed by atoms with Gasteiger partial charge in [0.2, 0.25) is 0 Å². The first-order valence-electron chi connectivity index (χ1n) is 5.73. The van der Waals surface area contributed by atoms with Crippen LogP contribution >= 0.6 is 0 Å². The van der Waals surface area contributed by atoms with Gasteiger partial charge in [-0.15, -0.1) is 0 Å². The lowest BCUT2D eigenvalue weighted by molar-refractivity contribution is -0.300. The summed E-state index contributed by atoms with van der Waals surface area (Å²) in [5, 5.41) is 2.75. The van der Waals surface area contributed by atoms with E-state index in [4.69, 9.17) is 0 Å². The van der Waals surface area contributed by atoms with Crippen molar-refractivity contribution in [3.63, 3.8) is 0 Å². The average Bonchev–Trinajstić information content (AvgIpc) is 2.33. The summed E-state index contributed by atoms with van der Waals surface area (Å²) in [5.41, 5.74) is 0.359. The van der Waals surface area contributed by atoms with Crippen LogP contribution in [0.4, 0.5) is 30.7 Å². The number of nitrogens with one attached hydrogen (secondary N) is 1. The summed E-state index contributed by atoms with van der Waals surface area (Å²) < 4.78 is 91.3. The Kier molecular flexibility index (Phi) is 5.08. The van der Waals surface area contributed by atoms with E-state index in [2.05, 4.69) is 10.1 Å². The van der Waals surface area contributed by atoms with Crippen LogP contribution in [0.5, 0.6) is 5.75 Å². The molecule has 0 saturated heterocycles. The van der Waals surface area contributed by atoms with Crippen LogP contribution < -0.4 is 10.1 Å². The fourth-order valence-electron chi connectivity index (χ4n) is 1.49. The Labute approximate surface area is 115 Å². The molecule has 9 heteroatoms. The minimum atomic E-state index is -5.69. The molecule has 1 aromatic carbocycles. The third-order valence-electron chi connectivity index (χ3n) is 2.73. The molecule has 0 fully saturated rings. The van der Waals surface area contributed by atoms with Gasteiger partial charge in [-0.3, -0.25) is 0 Å². The molecule has 1 aromatic rings. The molecule has 0 aliphatic rings. The molecule has 1 rings (SSSR count). The Bertz CT molecular complexity index is 469. The second-order valence-corrected chi connectivity index (χ2v) is 4.28. The van der Waals surface area contributed by atoms with Crippen molar-refractivity contribution < 1.29 is 35.5 Å². The Morgan fingerprint density at radius 1 is 1.05 bits per heavy atom. The first-order chi connectivity index (χ1) is 9.46. The molecule has 1 atom stereocenters. The summed E-state index contributed by atoms with van der Waals surface area (Å²) in [6.45, 7) is 1.64. The van der Waals surface area contributed by atoms with Crippen molar-refractivity contribution in [1.82, 2.24) is 5.32 Å². The predicted molar refractivity (Wildman–Crippen MR) is 60.4 cm³/mol. The van der Waals surface area contributed by atoms with Crippen molar-refractivity contribution >= 4 is 0 Å². The van der Waals surface area contributed by atoms with Crippen molar-refractivity contribution in [3.05, 3.63) is 29.6 Å². The van der Waals surface area contributed by atoms with E-state index in [1.165, 1.54) is 6.07 Å². The number of halogens is 7. The first-order valence-corrected chi connectivity index (χ1v) is 5.73. The first kappa shape index (κ1) is 17.5. The molecule has 0 heterocycles. The zero-order valence-electron chi connectivity index (χ0n) is 10.9. The summed E-state index contributed by atoms with van der Waals surface area (Å²) in [6, 6.07) is 2.42. The Hall–Kier alpha value is -1.51. The Morgan fingerprint density at radius 2 is 1.57 bits per heavy atom. The zero-order chi connectivity index (χ0) is 16.4. The number of hydrogen-bond donors (Lipinski definition) is 1. The fourth-order valence-corrected chi connectivity index (χ4v) is 1.49. The average molecular weight is 319 g/mol. The van der Waals surface area contributed by atoms with Crippen LogP contribution in [0.2, 0.25) is 0 Å². The molecule has 0 radical (unpaired) electrons. The van der Waals surface area contributed by atoms with Gasteiger partial charge in [0.15, 0.2) is 11.6 Å². The molecule has 0 saturated carbocycles. The van der Waals surface area contributed by atoms with Crippen LogP contribution in [0.3, 0.4) is 0 Å². The van der Waals surface area contributed by atoms with E-state index in [-0.39, 0.29) is 6.04 Å². The lowest BCUT2D eigenvalue weighted by atomic mass is 10.1. The maximum atomic E-state index is 13.6. The van der Waals surface area contributed by atoms with Gasteiger partial charge >= 0.3 is 12.4 Å². The van der Waals surface area contributed by atoms with Gasteiger partial charge in [-0.05, 0) is 31.7 Å². The zero-order valence-corrected chi connectivity index (χ0v) is 10.9. The van der Waals surface area contributed by atoms with Crippen molar-refractivity contribution in [2.45, 2.75) is 31.4 Å². The minimum Gasteiger partial charge on any atom is -0.468 e. The topological polar surface area (TPSA) is 21.3 Å². The van der Waals surface area contributed by atoms with Gasteiger partial charge in [-0.25, -0.2) is 4.39 Å². The number of ether oxygens (including phenoxy) is 1. The highest BCUT2D eigenvalue weighted by atomic mass is 19.4. The normalized spacial score (nSPS) is 14.4. The summed E-state index contributed by atoms with van der Waals surface area (Å²) in [7, 11) is 1.57. The van der Waals surface area contributed by atoms with Crippen LogP contribution in [0.1, 0.15) is 18.5 Å². The van der Waals surface area contributed by atoms with Crippen molar-refractivity contribution in [3.8, 4) is 5.75 Å². The van der Waals surface area contributed by atoms with Gasteiger partial charge in [0.1, 0.15) is 0 Å². The molecule has 1 N–H and O–H groups in total. The molecule has 0 aromatic heterocycles. The van der Waals surface area contributed by atoms with Gasteiger partial charge in [0, 0.05) is 6.04 Å². The van der Waals surface area contributed by atoms with Gasteiger partial charge in [-0.1, -0.05) is 6.07 Å². The van der Waals surface area contributed by atoms with Gasteiger partial charge in [-0.2, -0.15) is 26.3 Å². The van der Waals surface area contributed by atoms with E-state index in [1.54, 1.807) is 14.0 Å². The molecule has 0 aliphatic carbocycles. The minimum absolute atomic E-state index is 0.324. The monoisotopic (exact) mass is 319 g/mol. The van der Waals surface area contributed by atoms with Gasteiger partial charge in [0.25, 0.3) is 6.10 Å². The Morgan fingerprint density at radius 3 is 1.95 bits per heavy atom. The number of rotatable bonds is 4. The molecule has 2 nitrogen and oxygen atoms in total. The molecule has 21 heavy (non-hydrogen) atoms. The van der Waals surface area contributed by atoms with Crippen LogP contribution in [0.25, 0.3) is 0 Å². The van der Waals surface area contributed by atoms with Crippen LogP contribution in [-0.2, 0) is 0 Å². The largest absolute Gasteiger partial charge is 0.468 e. The second-order valence-electron chi connectivity index (χ2n) is 4.28. The summed E-state index contributed by atoms with van der Waals surface area (Å²) in [6.07, 6.45) is -15.5. The van der Waals surface area contributed by atoms with E-state index >= 15 is 0 Å². The van der Waals surface area contributed by atoms with E-state index < -0.39 is 30.0 Å². The summed E-state index contributed by atoms with van der Waals surface area (Å²) in [4.78, 5) is 0. The van der Waals surface area contributed by atoms with E-state index in [0.29, 0.717) is 5.56 Å². The summed E-state index contributed by atoms with van der Waals surface area (Å²) in [5.74, 6) is -2.41. The molecular formula is C12H12F7NO. The highest BCUT2D eigenvalue weighted by Gasteiger charge is 2.59. The molecule has 0 aliphatic heterocycles. The van der Waals surface area contributed by atoms with Crippen molar-refractivity contribution in [1.29, 1.82) is 0 Å². The lowest BCUT2D eigenvalue weighted by Crippen LogP contribution is -2.46. The third kappa shape index (κ3) is 4.48. The van der Waals surface area contributed by atoms with E-state index in [9.17, 15) is 30.7 Å². The number of benzene rings is 1. The van der Waals surface area contributed by atoms with Crippen LogP contribution in [-0.4, -0.2) is 25.5 Å². The van der Waals surface area contributed by atoms with Crippen molar-refractivity contribution in [2.75, 3.05) is 7.05 Å². The summed E-state index contributed by atoms with van der Waals surface area (Å²) >= 11 is 0. The third-order valence-corrected chi connectivity index (χ3v) is 2.73. The maximum absolute atomic E-state index is 13.6. The highest BCUT2D eigenvalue weighted by molar-refractivity contribution is 5.31. The SMILES string of the molecule is CNC(C)c1ccc(OC(C(F)(F)F)C(F)(F)F)c(F)c1. The van der Waals surface area contributed by atoms with Crippen LogP contribution in [0, 0.1) is 5.82 Å². The van der Waals surface area contributed by atoms with Crippen molar-refractivity contribution in [2.24, 2.45) is 0 Å². The molecule has 0 amide bonds. The van der Waals surface area contributed by atoms with Crippen LogP contribution in [0.15, 0.2) is 18.2 Å². The predicted octanol–water partition coefficient (Wildman–Crippen LogP) is 3.98. The van der Waals surface area contributed by atoms with E-state index in [1.807, 2.05) is 0 Å². The molecule has 120 valence electrons. The fraction of sp³-hybridized carbons (Fsp3) is 0.500. The molecule has 1 unspecified atom stereocenters. The van der Waals surface area contributed by atoms with Gasteiger partial charge < -0.3 is 10.1 Å². The Balaban J connectivity index is 3.06. The lowest BCUT2D eigenvalue weighted by Gasteiger charge is -2.24. The standard InChI is InChI=1S/C12H12F7NO/c1-6(20-2)7-3-4-9(8(13)5-7)21-10(11(14,15)16)12(17,18)19/h3-6,10,20H,1-2H3. The maximum Gasteiger partial charge on any atom is 0.434 e. The quantitative estimate of drug-likeness (QED) is 0.848. The molecule has 0 bridgehead atoms. The molecular weight excluding hydrogens is 307 g/mol. The van der Waals surface area contributed by atoms with Gasteiger partial charge in [0.05, 0.1) is 0 Å². The smallest absolute Gasteiger partial charge is 0.434 e. The number of alkyl halides is 6. The van der Waals surface area contributed by atoms with E-state index in [0.717, 1.165) is 12.1 Å².